The zero-order valence-electron chi connectivity index (χ0n) is 19.9. The second kappa shape index (κ2) is 9.13. The molecule has 0 unspecified atom stereocenters. The van der Waals surface area contributed by atoms with Gasteiger partial charge in [-0.05, 0) is 49.4 Å². The molecule has 2 aromatic heterocycles. The SMILES string of the molecule is Cn1nc(C(=O)NC[C@@H]2CCCN2C(=O)c2nc(C3CC3)sc2-c2ccc(F)cc2)c2ccccc21. The predicted octanol–water partition coefficient (Wildman–Crippen LogP) is 4.75. The first-order chi connectivity index (χ1) is 17.5. The topological polar surface area (TPSA) is 80.1 Å². The molecule has 1 atom stereocenters. The molecule has 7 nitrogen and oxygen atoms in total. The molecule has 184 valence electrons. The average Bonchev–Trinajstić information content (AvgIpc) is 3.32. The molecule has 2 fully saturated rings. The van der Waals surface area contributed by atoms with Gasteiger partial charge in [0.05, 0.1) is 15.4 Å². The Balaban J connectivity index is 1.22. The summed E-state index contributed by atoms with van der Waals surface area (Å²) >= 11 is 1.53. The first-order valence-corrected chi connectivity index (χ1v) is 13.1. The number of hydrogen-bond acceptors (Lipinski definition) is 5. The van der Waals surface area contributed by atoms with Gasteiger partial charge in [0, 0.05) is 37.5 Å². The van der Waals surface area contributed by atoms with E-state index in [1.807, 2.05) is 36.2 Å². The van der Waals surface area contributed by atoms with E-state index in [0.717, 1.165) is 52.0 Å². The van der Waals surface area contributed by atoms with Crippen LogP contribution in [0.4, 0.5) is 4.39 Å². The molecule has 0 radical (unpaired) electrons. The maximum Gasteiger partial charge on any atom is 0.274 e. The molecule has 2 aromatic carbocycles. The molecule has 4 aromatic rings. The molecule has 1 aliphatic carbocycles. The third kappa shape index (κ3) is 4.17. The molecule has 1 N–H and O–H groups in total. The molecule has 1 saturated carbocycles. The summed E-state index contributed by atoms with van der Waals surface area (Å²) in [5.74, 6) is -0.271. The van der Waals surface area contributed by atoms with E-state index in [4.69, 9.17) is 4.98 Å². The molecule has 1 saturated heterocycles. The summed E-state index contributed by atoms with van der Waals surface area (Å²) in [6.07, 6.45) is 3.85. The number of halogens is 1. The molecule has 1 aliphatic heterocycles. The Morgan fingerprint density at radius 1 is 1.08 bits per heavy atom. The highest BCUT2D eigenvalue weighted by Crippen LogP contribution is 2.45. The van der Waals surface area contributed by atoms with Crippen molar-refractivity contribution < 1.29 is 14.0 Å². The monoisotopic (exact) mass is 503 g/mol. The van der Waals surface area contributed by atoms with Crippen LogP contribution in [0.15, 0.2) is 48.5 Å². The van der Waals surface area contributed by atoms with Crippen molar-refractivity contribution in [3.8, 4) is 10.4 Å². The van der Waals surface area contributed by atoms with Gasteiger partial charge < -0.3 is 10.2 Å². The minimum Gasteiger partial charge on any atom is -0.349 e. The highest BCUT2D eigenvalue weighted by atomic mass is 32.1. The number of nitrogens with one attached hydrogen (secondary N) is 1. The van der Waals surface area contributed by atoms with Crippen LogP contribution in [-0.4, -0.2) is 50.6 Å². The van der Waals surface area contributed by atoms with Gasteiger partial charge in [-0.3, -0.25) is 14.3 Å². The largest absolute Gasteiger partial charge is 0.349 e. The van der Waals surface area contributed by atoms with Crippen LogP contribution in [0, 0.1) is 5.82 Å². The number of carbonyl (C=O) groups excluding carboxylic acids is 2. The van der Waals surface area contributed by atoms with Crippen molar-refractivity contribution in [1.82, 2.24) is 25.0 Å². The van der Waals surface area contributed by atoms with Crippen molar-refractivity contribution in [1.29, 1.82) is 0 Å². The molecular formula is C27H26FN5O2S. The zero-order chi connectivity index (χ0) is 24.8. The summed E-state index contributed by atoms with van der Waals surface area (Å²) in [6.45, 7) is 0.964. The van der Waals surface area contributed by atoms with Crippen molar-refractivity contribution >= 4 is 34.1 Å². The molecule has 0 spiro atoms. The van der Waals surface area contributed by atoms with Gasteiger partial charge in [-0.15, -0.1) is 11.3 Å². The van der Waals surface area contributed by atoms with Gasteiger partial charge in [-0.25, -0.2) is 9.37 Å². The molecule has 0 bridgehead atoms. The van der Waals surface area contributed by atoms with Crippen molar-refractivity contribution in [2.75, 3.05) is 13.1 Å². The van der Waals surface area contributed by atoms with Gasteiger partial charge in [0.2, 0.25) is 0 Å². The number of amides is 2. The number of thiazole rings is 1. The number of aromatic nitrogens is 3. The number of likely N-dealkylation sites (tertiary alicyclic amines) is 1. The van der Waals surface area contributed by atoms with Crippen LogP contribution in [0.25, 0.3) is 21.3 Å². The quantitative estimate of drug-likeness (QED) is 0.412. The zero-order valence-corrected chi connectivity index (χ0v) is 20.7. The molecule has 6 rings (SSSR count). The van der Waals surface area contributed by atoms with Gasteiger partial charge in [0.15, 0.2) is 5.69 Å². The first-order valence-electron chi connectivity index (χ1n) is 12.3. The summed E-state index contributed by atoms with van der Waals surface area (Å²) in [6, 6.07) is 13.7. The van der Waals surface area contributed by atoms with E-state index in [-0.39, 0.29) is 23.7 Å². The second-order valence-corrected chi connectivity index (χ2v) is 10.5. The van der Waals surface area contributed by atoms with Gasteiger partial charge in [0.1, 0.15) is 11.5 Å². The van der Waals surface area contributed by atoms with E-state index in [9.17, 15) is 14.0 Å². The van der Waals surface area contributed by atoms with Crippen LogP contribution in [-0.2, 0) is 7.05 Å². The summed E-state index contributed by atoms with van der Waals surface area (Å²) in [4.78, 5) is 34.1. The Hall–Kier alpha value is -3.59. The minimum atomic E-state index is -0.311. The summed E-state index contributed by atoms with van der Waals surface area (Å²) in [7, 11) is 1.82. The number of hydrogen-bond donors (Lipinski definition) is 1. The highest BCUT2D eigenvalue weighted by molar-refractivity contribution is 7.15. The number of nitrogens with zero attached hydrogens (tertiary/aromatic N) is 4. The minimum absolute atomic E-state index is 0.122. The van der Waals surface area contributed by atoms with Crippen LogP contribution < -0.4 is 5.32 Å². The third-order valence-corrected chi connectivity index (χ3v) is 8.26. The predicted molar refractivity (Wildman–Crippen MR) is 137 cm³/mol. The Morgan fingerprint density at radius 3 is 2.64 bits per heavy atom. The smallest absolute Gasteiger partial charge is 0.274 e. The van der Waals surface area contributed by atoms with Crippen molar-refractivity contribution in [2.45, 2.75) is 37.6 Å². The number of aryl methyl sites for hydroxylation is 1. The van der Waals surface area contributed by atoms with Gasteiger partial charge in [-0.1, -0.05) is 30.3 Å². The molecule has 9 heteroatoms. The lowest BCUT2D eigenvalue weighted by atomic mass is 10.1. The number of fused-ring (bicyclic) bond motifs is 1. The molecule has 36 heavy (non-hydrogen) atoms. The van der Waals surface area contributed by atoms with Gasteiger partial charge in [0.25, 0.3) is 11.8 Å². The Labute approximate surface area is 211 Å². The fourth-order valence-corrected chi connectivity index (χ4v) is 6.14. The molecular weight excluding hydrogens is 477 g/mol. The lowest BCUT2D eigenvalue weighted by Gasteiger charge is -2.24. The highest BCUT2D eigenvalue weighted by Gasteiger charge is 2.35. The maximum atomic E-state index is 13.7. The fraction of sp³-hybridized carbons (Fsp3) is 0.333. The van der Waals surface area contributed by atoms with Gasteiger partial charge in [-0.2, -0.15) is 5.10 Å². The van der Waals surface area contributed by atoms with Crippen LogP contribution in [0.3, 0.4) is 0 Å². The van der Waals surface area contributed by atoms with Crippen LogP contribution in [0.2, 0.25) is 0 Å². The van der Waals surface area contributed by atoms with Crippen molar-refractivity contribution in [2.24, 2.45) is 7.05 Å². The lowest BCUT2D eigenvalue weighted by Crippen LogP contribution is -2.43. The fourth-order valence-electron chi connectivity index (χ4n) is 4.91. The normalized spacial score (nSPS) is 17.6. The van der Waals surface area contributed by atoms with Crippen LogP contribution in [0.5, 0.6) is 0 Å². The lowest BCUT2D eigenvalue weighted by molar-refractivity contribution is 0.0720. The standard InChI is InChI=1S/C27H26FN5O2S/c1-32-21-7-3-2-6-20(21)22(31-32)25(34)29-15-19-5-4-14-33(19)27(35)23-24(16-10-12-18(28)13-11-16)36-26(30-23)17-8-9-17/h2-3,6-7,10-13,17,19H,4-5,8-9,14-15H2,1H3,(H,29,34)/t19-/m0/s1. The van der Waals surface area contributed by atoms with E-state index in [2.05, 4.69) is 10.4 Å². The van der Waals surface area contributed by atoms with E-state index < -0.39 is 0 Å². The number of carbonyl (C=O) groups is 2. The number of rotatable bonds is 6. The molecule has 2 amide bonds. The van der Waals surface area contributed by atoms with Crippen LogP contribution >= 0.6 is 11.3 Å². The second-order valence-electron chi connectivity index (χ2n) is 9.50. The summed E-state index contributed by atoms with van der Waals surface area (Å²) < 4.78 is 15.2. The first kappa shape index (κ1) is 22.8. The maximum absolute atomic E-state index is 13.7. The van der Waals surface area contributed by atoms with E-state index >= 15 is 0 Å². The average molecular weight is 504 g/mol. The Bertz CT molecular complexity index is 1460. The molecule has 2 aliphatic rings. The molecule has 3 heterocycles. The van der Waals surface area contributed by atoms with Crippen LogP contribution in [0.1, 0.15) is 57.6 Å². The third-order valence-electron chi connectivity index (χ3n) is 6.99. The Kier molecular flexibility index (Phi) is 5.79. The van der Waals surface area contributed by atoms with E-state index in [1.54, 1.807) is 16.8 Å². The van der Waals surface area contributed by atoms with Gasteiger partial charge >= 0.3 is 0 Å². The Morgan fingerprint density at radius 2 is 1.86 bits per heavy atom. The van der Waals surface area contributed by atoms with Crippen molar-refractivity contribution in [3.63, 3.8) is 0 Å². The van der Waals surface area contributed by atoms with E-state index in [1.165, 1.54) is 23.5 Å². The number of benzene rings is 2. The summed E-state index contributed by atoms with van der Waals surface area (Å²) in [5.41, 5.74) is 2.51. The van der Waals surface area contributed by atoms with E-state index in [0.29, 0.717) is 30.4 Å². The van der Waals surface area contributed by atoms with Crippen molar-refractivity contribution in [3.05, 3.63) is 70.7 Å². The number of para-hydroxylation sites is 1. The summed E-state index contributed by atoms with van der Waals surface area (Å²) in [5, 5.41) is 9.18.